The summed E-state index contributed by atoms with van der Waals surface area (Å²) in [6.45, 7) is 15.7. The molecule has 1 N–H and O–H groups in total. The van der Waals surface area contributed by atoms with Crippen LogP contribution in [0.5, 0.6) is 0 Å². The Morgan fingerprint density at radius 2 is 1.71 bits per heavy atom. The minimum atomic E-state index is -1.15. The van der Waals surface area contributed by atoms with Crippen molar-refractivity contribution in [2.45, 2.75) is 56.6 Å². The first kappa shape index (κ1) is 26.5. The quantitative estimate of drug-likeness (QED) is 0.182. The lowest BCUT2D eigenvalue weighted by molar-refractivity contribution is -0.798. The van der Waals surface area contributed by atoms with E-state index in [4.69, 9.17) is 9.72 Å². The molecule has 4 nitrogen and oxygen atoms in total. The van der Waals surface area contributed by atoms with Crippen LogP contribution in [0.15, 0.2) is 85.0 Å². The highest BCUT2D eigenvalue weighted by atomic mass is 32.1. The van der Waals surface area contributed by atoms with Crippen molar-refractivity contribution in [3.8, 4) is 22.5 Å². The van der Waals surface area contributed by atoms with E-state index in [0.29, 0.717) is 0 Å². The normalized spacial score (nSPS) is 26.8. The number of nitrogens with zero attached hydrogens (tertiary/aromatic N) is 2. The Hall–Kier alpha value is -3.38. The first-order valence-electron chi connectivity index (χ1n) is 14.3. The molecule has 0 saturated heterocycles. The molecule has 0 bridgehead atoms. The highest BCUT2D eigenvalue weighted by molar-refractivity contribution is 7.17. The van der Waals surface area contributed by atoms with Gasteiger partial charge in [0.05, 0.1) is 17.9 Å². The summed E-state index contributed by atoms with van der Waals surface area (Å²) >= 11 is 1.75. The van der Waals surface area contributed by atoms with Crippen LogP contribution >= 0.6 is 11.3 Å². The minimum absolute atomic E-state index is 0.0767. The largest absolute Gasteiger partial charge is 0.386 e. The third-order valence-corrected chi connectivity index (χ3v) is 11.3. The molecule has 0 radical (unpaired) electrons. The molecule has 0 spiro atoms. The predicted molar refractivity (Wildman–Crippen MR) is 168 cm³/mol. The van der Waals surface area contributed by atoms with Crippen LogP contribution in [0.4, 0.5) is 0 Å². The molecule has 41 heavy (non-hydrogen) atoms. The Kier molecular flexibility index (Phi) is 5.54. The highest BCUT2D eigenvalue weighted by Crippen LogP contribution is 2.68. The number of methoxy groups -OCH3 is 1. The molecule has 1 saturated carbocycles. The van der Waals surface area contributed by atoms with Gasteiger partial charge in [0.1, 0.15) is 16.8 Å². The van der Waals surface area contributed by atoms with E-state index >= 15 is 0 Å². The number of aliphatic hydroxyl groups is 1. The first-order chi connectivity index (χ1) is 19.5. The van der Waals surface area contributed by atoms with E-state index in [2.05, 4.69) is 112 Å². The standard InChI is InChI=1S/C36H37N2O2S/c1-8-31-35(6)34(5,36(31,39)20-40-7)32-24-15-10-9-13-22(24)27(33(2,3)4)17-25(32)29-18-28(37-21-38(29)35)26-19-41-30-16-12-11-14-23(26)30/h8-19,21,31,39H,1,20H2,2-7H3/q+1. The molecule has 5 aromatic rings. The van der Waals surface area contributed by atoms with Crippen LogP contribution < -0.4 is 4.57 Å². The number of rotatable bonds is 4. The maximum atomic E-state index is 12.5. The smallest absolute Gasteiger partial charge is 0.287 e. The molecular formula is C36H37N2O2S+. The van der Waals surface area contributed by atoms with Crippen LogP contribution in [0, 0.1) is 5.92 Å². The maximum absolute atomic E-state index is 12.5. The zero-order valence-electron chi connectivity index (χ0n) is 24.7. The summed E-state index contributed by atoms with van der Waals surface area (Å²) in [5.74, 6) is -0.243. The summed E-state index contributed by atoms with van der Waals surface area (Å²) in [5, 5.41) is 18.4. The number of hydrogen-bond donors (Lipinski definition) is 1. The Labute approximate surface area is 246 Å². The lowest BCUT2D eigenvalue weighted by Gasteiger charge is -2.70. The number of hydrogen-bond acceptors (Lipinski definition) is 4. The fourth-order valence-electron chi connectivity index (χ4n) is 8.24. The Morgan fingerprint density at radius 3 is 2.39 bits per heavy atom. The van der Waals surface area contributed by atoms with Gasteiger partial charge in [0.15, 0.2) is 5.69 Å². The second-order valence-corrected chi connectivity index (χ2v) is 14.1. The maximum Gasteiger partial charge on any atom is 0.287 e. The molecule has 4 atom stereocenters. The summed E-state index contributed by atoms with van der Waals surface area (Å²) in [6, 6.07) is 21.9. The third-order valence-electron chi connectivity index (χ3n) is 10.3. The summed E-state index contributed by atoms with van der Waals surface area (Å²) in [4.78, 5) is 5.07. The van der Waals surface area contributed by atoms with Crippen molar-refractivity contribution in [3.05, 3.63) is 96.2 Å². The summed E-state index contributed by atoms with van der Waals surface area (Å²) in [6.07, 6.45) is 3.90. The van der Waals surface area contributed by atoms with Gasteiger partial charge in [0, 0.05) is 39.8 Å². The van der Waals surface area contributed by atoms with E-state index in [0.717, 1.165) is 22.5 Å². The average molecular weight is 562 g/mol. The van der Waals surface area contributed by atoms with Gasteiger partial charge in [-0.15, -0.1) is 17.9 Å². The van der Waals surface area contributed by atoms with Crippen LogP contribution in [0.3, 0.4) is 0 Å². The third kappa shape index (κ3) is 3.12. The molecule has 1 aliphatic carbocycles. The van der Waals surface area contributed by atoms with Crippen molar-refractivity contribution in [2.24, 2.45) is 5.92 Å². The molecule has 7 rings (SSSR count). The predicted octanol–water partition coefficient (Wildman–Crippen LogP) is 7.55. The van der Waals surface area contributed by atoms with Gasteiger partial charge in [0.25, 0.3) is 6.33 Å². The average Bonchev–Trinajstić information content (AvgIpc) is 3.39. The van der Waals surface area contributed by atoms with E-state index in [1.54, 1.807) is 18.4 Å². The van der Waals surface area contributed by atoms with Gasteiger partial charge in [-0.05, 0) is 58.3 Å². The van der Waals surface area contributed by atoms with Gasteiger partial charge in [-0.1, -0.05) is 69.3 Å². The van der Waals surface area contributed by atoms with Gasteiger partial charge >= 0.3 is 0 Å². The molecule has 5 heteroatoms. The van der Waals surface area contributed by atoms with Gasteiger partial charge in [0.2, 0.25) is 0 Å². The Morgan fingerprint density at radius 1 is 1.02 bits per heavy atom. The molecule has 1 aliphatic heterocycles. The SMILES string of the molecule is C=CC1C(O)(COC)C2(C)c3c(cc(C(C)(C)C)c4ccccc34)-c3cc(-c4csc5ccccc45)nc[n+]3C12C. The topological polar surface area (TPSA) is 46.2 Å². The summed E-state index contributed by atoms with van der Waals surface area (Å²) in [7, 11) is 1.67. The molecule has 0 amide bonds. The van der Waals surface area contributed by atoms with Crippen molar-refractivity contribution in [3.63, 3.8) is 0 Å². The van der Waals surface area contributed by atoms with Gasteiger partial charge in [-0.25, -0.2) is 4.57 Å². The summed E-state index contributed by atoms with van der Waals surface area (Å²) < 4.78 is 9.29. The number of fused-ring (bicyclic) bond motifs is 9. The molecule has 2 aromatic heterocycles. The fraction of sp³-hybridized carbons (Fsp3) is 0.333. The molecule has 4 unspecified atom stereocenters. The lowest BCUT2D eigenvalue weighted by Crippen LogP contribution is -2.90. The van der Waals surface area contributed by atoms with Crippen molar-refractivity contribution in [1.82, 2.24) is 4.98 Å². The van der Waals surface area contributed by atoms with Crippen LogP contribution in [-0.4, -0.2) is 29.4 Å². The van der Waals surface area contributed by atoms with Crippen LogP contribution in [0.25, 0.3) is 43.4 Å². The number of aromatic nitrogens is 2. The Balaban J connectivity index is 1.62. The molecule has 3 heterocycles. The van der Waals surface area contributed by atoms with E-state index in [1.807, 2.05) is 12.4 Å². The zero-order valence-corrected chi connectivity index (χ0v) is 25.5. The highest BCUT2D eigenvalue weighted by Gasteiger charge is 2.81. The van der Waals surface area contributed by atoms with Crippen LogP contribution in [0.1, 0.15) is 45.7 Å². The number of thiophene rings is 1. The van der Waals surface area contributed by atoms with E-state index in [-0.39, 0.29) is 17.9 Å². The number of benzene rings is 3. The van der Waals surface area contributed by atoms with Gasteiger partial charge in [-0.2, -0.15) is 0 Å². The monoisotopic (exact) mass is 561 g/mol. The van der Waals surface area contributed by atoms with E-state index in [9.17, 15) is 5.11 Å². The van der Waals surface area contributed by atoms with Gasteiger partial charge < -0.3 is 9.84 Å². The van der Waals surface area contributed by atoms with Crippen molar-refractivity contribution in [1.29, 1.82) is 0 Å². The molecule has 1 fully saturated rings. The lowest BCUT2D eigenvalue weighted by atomic mass is 9.37. The summed E-state index contributed by atoms with van der Waals surface area (Å²) in [5.41, 5.74) is 4.42. The fourth-order valence-corrected chi connectivity index (χ4v) is 9.20. The number of ether oxygens (including phenoxy) is 1. The molecule has 3 aromatic carbocycles. The van der Waals surface area contributed by atoms with Crippen LogP contribution in [-0.2, 0) is 21.1 Å². The molecule has 2 aliphatic rings. The molecular weight excluding hydrogens is 524 g/mol. The second-order valence-electron chi connectivity index (χ2n) is 13.2. The minimum Gasteiger partial charge on any atom is -0.386 e. The second kappa shape index (κ2) is 8.57. The zero-order chi connectivity index (χ0) is 28.9. The van der Waals surface area contributed by atoms with E-state index in [1.165, 1.54) is 32.0 Å². The van der Waals surface area contributed by atoms with Crippen molar-refractivity contribution < 1.29 is 14.4 Å². The van der Waals surface area contributed by atoms with Crippen molar-refractivity contribution >= 4 is 32.2 Å². The van der Waals surface area contributed by atoms with E-state index < -0.39 is 16.6 Å². The molecule has 208 valence electrons. The van der Waals surface area contributed by atoms with Gasteiger partial charge in [-0.3, -0.25) is 0 Å². The first-order valence-corrected chi connectivity index (χ1v) is 15.2. The van der Waals surface area contributed by atoms with Crippen molar-refractivity contribution in [2.75, 3.05) is 13.7 Å². The van der Waals surface area contributed by atoms with Crippen LogP contribution in [0.2, 0.25) is 0 Å². The Bertz CT molecular complexity index is 1880.